The first-order valence-electron chi connectivity index (χ1n) is 7.69. The van der Waals surface area contributed by atoms with E-state index in [0.29, 0.717) is 12.0 Å². The molecular formula is C15H28N2O2. The van der Waals surface area contributed by atoms with E-state index in [-0.39, 0.29) is 5.91 Å². The predicted molar refractivity (Wildman–Crippen MR) is 76.0 cm³/mol. The highest BCUT2D eigenvalue weighted by Gasteiger charge is 2.42. The van der Waals surface area contributed by atoms with Crippen LogP contribution in [0.1, 0.15) is 46.0 Å². The predicted octanol–water partition coefficient (Wildman–Crippen LogP) is 1.79. The number of nitrogens with one attached hydrogen (secondary N) is 1. The number of nitrogens with zero attached hydrogens (tertiary/aromatic N) is 1. The van der Waals surface area contributed by atoms with Gasteiger partial charge in [0, 0.05) is 19.7 Å². The molecule has 2 saturated heterocycles. The molecule has 2 aliphatic heterocycles. The van der Waals surface area contributed by atoms with Crippen molar-refractivity contribution in [2.75, 3.05) is 26.7 Å². The highest BCUT2D eigenvalue weighted by Crippen LogP contribution is 2.32. The van der Waals surface area contributed by atoms with Gasteiger partial charge in [-0.25, -0.2) is 0 Å². The minimum atomic E-state index is -0.643. The lowest BCUT2D eigenvalue weighted by molar-refractivity contribution is -0.155. The number of ether oxygens (including phenoxy) is 1. The van der Waals surface area contributed by atoms with Crippen molar-refractivity contribution >= 4 is 5.91 Å². The van der Waals surface area contributed by atoms with E-state index in [1.807, 2.05) is 13.8 Å². The number of hydrogen-bond acceptors (Lipinski definition) is 3. The molecule has 2 fully saturated rings. The standard InChI is InChI=1S/C15H28N2O2/c1-4-15(2,19-3)14(18)17-11-5-6-13(17)12-7-9-16-10-8-12/h12-13,16H,4-11H2,1-3H3. The number of amides is 1. The third-order valence-electron chi connectivity index (χ3n) is 5.07. The maximum Gasteiger partial charge on any atom is 0.254 e. The summed E-state index contributed by atoms with van der Waals surface area (Å²) >= 11 is 0. The van der Waals surface area contributed by atoms with Crippen molar-refractivity contribution in [1.29, 1.82) is 0 Å². The molecule has 0 saturated carbocycles. The molecule has 2 atom stereocenters. The quantitative estimate of drug-likeness (QED) is 0.845. The third-order valence-corrected chi connectivity index (χ3v) is 5.07. The fraction of sp³-hybridized carbons (Fsp3) is 0.933. The van der Waals surface area contributed by atoms with Crippen LogP contribution in [0.25, 0.3) is 0 Å². The molecule has 2 unspecified atom stereocenters. The number of likely N-dealkylation sites (tertiary alicyclic amines) is 1. The monoisotopic (exact) mass is 268 g/mol. The number of hydrogen-bond donors (Lipinski definition) is 1. The molecule has 4 heteroatoms. The molecule has 2 heterocycles. The van der Waals surface area contributed by atoms with Gasteiger partial charge in [0.2, 0.25) is 0 Å². The van der Waals surface area contributed by atoms with Crippen LogP contribution < -0.4 is 5.32 Å². The van der Waals surface area contributed by atoms with Crippen molar-refractivity contribution in [3.63, 3.8) is 0 Å². The van der Waals surface area contributed by atoms with Crippen LogP contribution in [0, 0.1) is 5.92 Å². The minimum Gasteiger partial charge on any atom is -0.369 e. The fourth-order valence-corrected chi connectivity index (χ4v) is 3.45. The van der Waals surface area contributed by atoms with Gasteiger partial charge < -0.3 is 15.0 Å². The molecule has 1 N–H and O–H groups in total. The van der Waals surface area contributed by atoms with Gasteiger partial charge >= 0.3 is 0 Å². The van der Waals surface area contributed by atoms with Crippen LogP contribution in [0.15, 0.2) is 0 Å². The van der Waals surface area contributed by atoms with Gasteiger partial charge in [0.25, 0.3) is 5.91 Å². The molecule has 4 nitrogen and oxygen atoms in total. The van der Waals surface area contributed by atoms with Gasteiger partial charge in [-0.3, -0.25) is 4.79 Å². The Balaban J connectivity index is 2.07. The Kier molecular flexibility index (Phi) is 4.85. The lowest BCUT2D eigenvalue weighted by Crippen LogP contribution is -2.52. The first kappa shape index (κ1) is 14.8. The molecule has 0 aliphatic carbocycles. The van der Waals surface area contributed by atoms with Crippen LogP contribution >= 0.6 is 0 Å². The number of carbonyl (C=O) groups is 1. The summed E-state index contributed by atoms with van der Waals surface area (Å²) in [6.07, 6.45) is 5.44. The van der Waals surface area contributed by atoms with Gasteiger partial charge in [-0.1, -0.05) is 6.92 Å². The summed E-state index contributed by atoms with van der Waals surface area (Å²) in [6.45, 7) is 7.05. The van der Waals surface area contributed by atoms with E-state index in [0.717, 1.165) is 32.5 Å². The van der Waals surface area contributed by atoms with Gasteiger partial charge in [-0.05, 0) is 58.0 Å². The SMILES string of the molecule is CCC(C)(OC)C(=O)N1CCCC1C1CCNCC1. The molecule has 2 aliphatic rings. The maximum atomic E-state index is 12.8. The van der Waals surface area contributed by atoms with E-state index in [1.165, 1.54) is 19.3 Å². The molecule has 0 radical (unpaired) electrons. The molecule has 0 bridgehead atoms. The van der Waals surface area contributed by atoms with Crippen molar-refractivity contribution < 1.29 is 9.53 Å². The zero-order chi connectivity index (χ0) is 13.9. The lowest BCUT2D eigenvalue weighted by Gasteiger charge is -2.38. The largest absolute Gasteiger partial charge is 0.369 e. The Labute approximate surface area is 116 Å². The molecule has 1 amide bonds. The van der Waals surface area contributed by atoms with Crippen LogP contribution in [-0.4, -0.2) is 49.2 Å². The van der Waals surface area contributed by atoms with Crippen molar-refractivity contribution in [2.24, 2.45) is 5.92 Å². The summed E-state index contributed by atoms with van der Waals surface area (Å²) in [5.74, 6) is 0.865. The van der Waals surface area contributed by atoms with E-state index in [9.17, 15) is 4.79 Å². The van der Waals surface area contributed by atoms with Crippen LogP contribution in [0.5, 0.6) is 0 Å². The molecule has 0 aromatic carbocycles. The summed E-state index contributed by atoms with van der Waals surface area (Å²) in [4.78, 5) is 14.9. The van der Waals surface area contributed by atoms with Crippen LogP contribution in [-0.2, 0) is 9.53 Å². The summed E-state index contributed by atoms with van der Waals surface area (Å²) in [5, 5.41) is 3.41. The van der Waals surface area contributed by atoms with E-state index < -0.39 is 5.60 Å². The second kappa shape index (κ2) is 6.23. The average molecular weight is 268 g/mol. The van der Waals surface area contributed by atoms with Gasteiger partial charge in [-0.2, -0.15) is 0 Å². The van der Waals surface area contributed by atoms with Crippen molar-refractivity contribution in [3.8, 4) is 0 Å². The molecule has 2 rings (SSSR count). The van der Waals surface area contributed by atoms with Crippen LogP contribution in [0.3, 0.4) is 0 Å². The fourth-order valence-electron chi connectivity index (χ4n) is 3.45. The first-order chi connectivity index (χ1) is 9.12. The number of piperidine rings is 1. The second-order valence-corrected chi connectivity index (χ2v) is 6.08. The van der Waals surface area contributed by atoms with Crippen LogP contribution in [0.4, 0.5) is 0 Å². The molecule has 0 aromatic rings. The van der Waals surface area contributed by atoms with E-state index in [1.54, 1.807) is 7.11 Å². The zero-order valence-corrected chi connectivity index (χ0v) is 12.6. The van der Waals surface area contributed by atoms with Crippen molar-refractivity contribution in [1.82, 2.24) is 10.2 Å². The van der Waals surface area contributed by atoms with Crippen molar-refractivity contribution in [3.05, 3.63) is 0 Å². The zero-order valence-electron chi connectivity index (χ0n) is 12.6. The number of rotatable bonds is 4. The summed E-state index contributed by atoms with van der Waals surface area (Å²) in [5.41, 5.74) is -0.643. The Morgan fingerprint density at radius 3 is 2.63 bits per heavy atom. The molecule has 0 aromatic heterocycles. The van der Waals surface area contributed by atoms with E-state index in [4.69, 9.17) is 4.74 Å². The Morgan fingerprint density at radius 2 is 2.05 bits per heavy atom. The summed E-state index contributed by atoms with van der Waals surface area (Å²) < 4.78 is 5.49. The molecule has 0 spiro atoms. The van der Waals surface area contributed by atoms with Gasteiger partial charge in [0.15, 0.2) is 0 Å². The molecule has 110 valence electrons. The Hall–Kier alpha value is -0.610. The maximum absolute atomic E-state index is 12.8. The molecule has 19 heavy (non-hydrogen) atoms. The van der Waals surface area contributed by atoms with Crippen LogP contribution in [0.2, 0.25) is 0 Å². The number of carbonyl (C=O) groups excluding carboxylic acids is 1. The minimum absolute atomic E-state index is 0.193. The Bertz CT molecular complexity index is 309. The average Bonchev–Trinajstić information content (AvgIpc) is 2.95. The van der Waals surface area contributed by atoms with Gasteiger partial charge in [0.05, 0.1) is 0 Å². The summed E-state index contributed by atoms with van der Waals surface area (Å²) in [7, 11) is 1.65. The highest BCUT2D eigenvalue weighted by molar-refractivity contribution is 5.85. The normalized spacial score (nSPS) is 28.4. The summed E-state index contributed by atoms with van der Waals surface area (Å²) in [6, 6.07) is 0.440. The molecular weight excluding hydrogens is 240 g/mol. The van der Waals surface area contributed by atoms with Crippen molar-refractivity contribution in [2.45, 2.75) is 57.6 Å². The third kappa shape index (κ3) is 2.95. The second-order valence-electron chi connectivity index (χ2n) is 6.08. The number of methoxy groups -OCH3 is 1. The Morgan fingerprint density at radius 1 is 1.37 bits per heavy atom. The van der Waals surface area contributed by atoms with E-state index >= 15 is 0 Å². The van der Waals surface area contributed by atoms with Gasteiger partial charge in [0.1, 0.15) is 5.60 Å². The van der Waals surface area contributed by atoms with E-state index in [2.05, 4.69) is 10.2 Å². The lowest BCUT2D eigenvalue weighted by atomic mass is 9.88. The smallest absolute Gasteiger partial charge is 0.254 e. The topological polar surface area (TPSA) is 41.6 Å². The highest BCUT2D eigenvalue weighted by atomic mass is 16.5. The first-order valence-corrected chi connectivity index (χ1v) is 7.69. The van der Waals surface area contributed by atoms with Gasteiger partial charge in [-0.15, -0.1) is 0 Å².